The Bertz CT molecular complexity index is 502. The summed E-state index contributed by atoms with van der Waals surface area (Å²) in [5.41, 5.74) is -0.124. The average molecular weight is 272 g/mol. The van der Waals surface area contributed by atoms with Gasteiger partial charge in [0.05, 0.1) is 28.5 Å². The van der Waals surface area contributed by atoms with Crippen molar-refractivity contribution in [1.29, 1.82) is 5.26 Å². The number of nitro benzene ring substituents is 1. The summed E-state index contributed by atoms with van der Waals surface area (Å²) in [6, 6.07) is 3.97. The third kappa shape index (κ3) is 3.08. The molecule has 0 saturated carbocycles. The van der Waals surface area contributed by atoms with E-state index in [9.17, 15) is 14.5 Å². The Morgan fingerprint density at radius 2 is 2.28 bits per heavy atom. The highest BCUT2D eigenvalue weighted by molar-refractivity contribution is 6.31. The van der Waals surface area contributed by atoms with Crippen LogP contribution in [0.1, 0.15) is 13.3 Å². The van der Waals surface area contributed by atoms with Gasteiger partial charge in [-0.3, -0.25) is 10.1 Å². The topological polar surface area (TPSA) is 70.2 Å². The molecule has 0 unspecified atom stereocenters. The van der Waals surface area contributed by atoms with Crippen molar-refractivity contribution >= 4 is 23.0 Å². The molecule has 0 spiro atoms. The van der Waals surface area contributed by atoms with E-state index < -0.39 is 10.7 Å². The van der Waals surface area contributed by atoms with Crippen LogP contribution in [0.4, 0.5) is 15.8 Å². The van der Waals surface area contributed by atoms with E-state index in [0.29, 0.717) is 13.1 Å². The van der Waals surface area contributed by atoms with Crippen LogP contribution < -0.4 is 4.90 Å². The standard InChI is InChI=1S/C11H11ClFN3O2/c1-2-15(5-3-4-14)10-6-8(12)9(13)7-11(10)16(17)18/h6-7H,2-3,5H2,1H3. The Balaban J connectivity index is 3.23. The molecule has 7 heteroatoms. The number of hydrogen-bond donors (Lipinski definition) is 0. The molecule has 0 atom stereocenters. The monoisotopic (exact) mass is 271 g/mol. The van der Waals surface area contributed by atoms with E-state index in [4.69, 9.17) is 16.9 Å². The Morgan fingerprint density at radius 1 is 1.61 bits per heavy atom. The van der Waals surface area contributed by atoms with Crippen LogP contribution in [-0.2, 0) is 0 Å². The highest BCUT2D eigenvalue weighted by Gasteiger charge is 2.21. The van der Waals surface area contributed by atoms with E-state index in [1.165, 1.54) is 6.07 Å². The van der Waals surface area contributed by atoms with Gasteiger partial charge in [-0.25, -0.2) is 4.39 Å². The van der Waals surface area contributed by atoms with Crippen LogP contribution in [0.5, 0.6) is 0 Å². The Morgan fingerprint density at radius 3 is 2.78 bits per heavy atom. The first kappa shape index (κ1) is 14.2. The molecule has 0 aliphatic heterocycles. The summed E-state index contributed by atoms with van der Waals surface area (Å²) in [4.78, 5) is 11.8. The lowest BCUT2D eigenvalue weighted by molar-refractivity contribution is -0.384. The van der Waals surface area contributed by atoms with Gasteiger partial charge < -0.3 is 4.90 Å². The molecule has 0 radical (unpaired) electrons. The average Bonchev–Trinajstić information content (AvgIpc) is 2.33. The van der Waals surface area contributed by atoms with Crippen LogP contribution in [-0.4, -0.2) is 18.0 Å². The van der Waals surface area contributed by atoms with Crippen LogP contribution in [0, 0.1) is 27.3 Å². The van der Waals surface area contributed by atoms with Crippen molar-refractivity contribution < 1.29 is 9.31 Å². The zero-order valence-corrected chi connectivity index (χ0v) is 10.4. The second-order valence-electron chi connectivity index (χ2n) is 3.50. The number of hydrogen-bond acceptors (Lipinski definition) is 4. The summed E-state index contributed by atoms with van der Waals surface area (Å²) >= 11 is 5.64. The highest BCUT2D eigenvalue weighted by Crippen LogP contribution is 2.33. The number of nitrogens with zero attached hydrogens (tertiary/aromatic N) is 3. The summed E-state index contributed by atoms with van der Waals surface area (Å²) in [5, 5.41) is 19.2. The SMILES string of the molecule is CCN(CCC#N)c1cc(Cl)c(F)cc1[N+](=O)[O-]. The maximum absolute atomic E-state index is 13.2. The molecule has 0 aromatic heterocycles. The molecule has 1 aromatic rings. The second kappa shape index (κ2) is 6.17. The van der Waals surface area contributed by atoms with Crippen LogP contribution in [0.25, 0.3) is 0 Å². The minimum atomic E-state index is -0.830. The molecule has 0 heterocycles. The molecule has 1 aromatic carbocycles. The largest absolute Gasteiger partial charge is 0.365 e. The zero-order valence-electron chi connectivity index (χ0n) is 9.69. The molecule has 5 nitrogen and oxygen atoms in total. The maximum atomic E-state index is 13.2. The summed E-state index contributed by atoms with van der Waals surface area (Å²) in [6.45, 7) is 2.58. The first-order valence-electron chi connectivity index (χ1n) is 5.26. The van der Waals surface area contributed by atoms with E-state index in [2.05, 4.69) is 0 Å². The van der Waals surface area contributed by atoms with Gasteiger partial charge in [0, 0.05) is 13.1 Å². The van der Waals surface area contributed by atoms with Gasteiger partial charge in [-0.2, -0.15) is 5.26 Å². The van der Waals surface area contributed by atoms with Gasteiger partial charge in [-0.05, 0) is 13.0 Å². The number of halogens is 2. The third-order valence-corrected chi connectivity index (χ3v) is 2.72. The fourth-order valence-electron chi connectivity index (χ4n) is 1.56. The number of benzene rings is 1. The van der Waals surface area contributed by atoms with Crippen molar-refractivity contribution in [1.82, 2.24) is 0 Å². The molecule has 0 fully saturated rings. The lowest BCUT2D eigenvalue weighted by atomic mass is 10.2. The van der Waals surface area contributed by atoms with E-state index >= 15 is 0 Å². The minimum absolute atomic E-state index is 0.175. The molecule has 96 valence electrons. The lowest BCUT2D eigenvalue weighted by Gasteiger charge is -2.21. The first-order chi connectivity index (χ1) is 8.51. The number of rotatable bonds is 5. The Labute approximate surface area is 109 Å². The van der Waals surface area contributed by atoms with Crippen LogP contribution >= 0.6 is 11.6 Å². The molecular formula is C11H11ClFN3O2. The molecule has 18 heavy (non-hydrogen) atoms. The van der Waals surface area contributed by atoms with E-state index in [-0.39, 0.29) is 22.8 Å². The molecule has 0 N–H and O–H groups in total. The molecule has 0 bridgehead atoms. The smallest absolute Gasteiger partial charge is 0.295 e. The summed E-state index contributed by atoms with van der Waals surface area (Å²) in [6.07, 6.45) is 0.222. The third-order valence-electron chi connectivity index (χ3n) is 2.43. The number of nitriles is 1. The van der Waals surface area contributed by atoms with Gasteiger partial charge in [0.2, 0.25) is 0 Å². The van der Waals surface area contributed by atoms with Crippen molar-refractivity contribution in [2.45, 2.75) is 13.3 Å². The van der Waals surface area contributed by atoms with Crippen molar-refractivity contribution in [2.75, 3.05) is 18.0 Å². The van der Waals surface area contributed by atoms with E-state index in [1.807, 2.05) is 6.07 Å². The normalized spacial score (nSPS) is 9.89. The predicted octanol–water partition coefficient (Wildman–Crippen LogP) is 3.13. The second-order valence-corrected chi connectivity index (χ2v) is 3.91. The number of nitro groups is 1. The van der Waals surface area contributed by atoms with Gasteiger partial charge in [-0.15, -0.1) is 0 Å². The summed E-state index contributed by atoms with van der Waals surface area (Å²) in [7, 11) is 0. The Kier molecular flexibility index (Phi) is 4.86. The zero-order chi connectivity index (χ0) is 13.7. The molecule has 0 aliphatic rings. The quantitative estimate of drug-likeness (QED) is 0.609. The molecule has 0 aliphatic carbocycles. The molecule has 0 saturated heterocycles. The van der Waals surface area contributed by atoms with Gasteiger partial charge in [0.1, 0.15) is 11.5 Å². The summed E-state index contributed by atoms with van der Waals surface area (Å²) < 4.78 is 13.2. The van der Waals surface area contributed by atoms with Crippen molar-refractivity contribution in [3.8, 4) is 6.07 Å². The fourth-order valence-corrected chi connectivity index (χ4v) is 1.72. The Hall–Kier alpha value is -1.87. The van der Waals surface area contributed by atoms with Crippen molar-refractivity contribution in [3.63, 3.8) is 0 Å². The lowest BCUT2D eigenvalue weighted by Crippen LogP contribution is -2.24. The van der Waals surface area contributed by atoms with Crippen molar-refractivity contribution in [2.24, 2.45) is 0 Å². The van der Waals surface area contributed by atoms with Gasteiger partial charge >= 0.3 is 0 Å². The molecule has 1 rings (SSSR count). The highest BCUT2D eigenvalue weighted by atomic mass is 35.5. The molecular weight excluding hydrogens is 261 g/mol. The van der Waals surface area contributed by atoms with Crippen LogP contribution in [0.2, 0.25) is 5.02 Å². The van der Waals surface area contributed by atoms with Gasteiger partial charge in [-0.1, -0.05) is 11.6 Å². The maximum Gasteiger partial charge on any atom is 0.295 e. The van der Waals surface area contributed by atoms with E-state index in [1.54, 1.807) is 11.8 Å². The van der Waals surface area contributed by atoms with Gasteiger partial charge in [0.15, 0.2) is 0 Å². The predicted molar refractivity (Wildman–Crippen MR) is 66.2 cm³/mol. The minimum Gasteiger partial charge on any atom is -0.365 e. The molecule has 0 amide bonds. The number of anilines is 1. The summed E-state index contributed by atoms with van der Waals surface area (Å²) in [5.74, 6) is -0.830. The first-order valence-corrected chi connectivity index (χ1v) is 5.64. The van der Waals surface area contributed by atoms with Gasteiger partial charge in [0.25, 0.3) is 5.69 Å². The van der Waals surface area contributed by atoms with Crippen molar-refractivity contribution in [3.05, 3.63) is 33.1 Å². The van der Waals surface area contributed by atoms with E-state index in [0.717, 1.165) is 6.07 Å². The van der Waals surface area contributed by atoms with Crippen LogP contribution in [0.15, 0.2) is 12.1 Å². The van der Waals surface area contributed by atoms with Crippen LogP contribution in [0.3, 0.4) is 0 Å². The fraction of sp³-hybridized carbons (Fsp3) is 0.364.